The van der Waals surface area contributed by atoms with Gasteiger partial charge in [0.2, 0.25) is 5.78 Å². The number of hydrogen-bond donors (Lipinski definition) is 1. The number of carbonyl (C=O) groups excluding carboxylic acids is 2. The quantitative estimate of drug-likeness (QED) is 0.278. The number of nitrogens with zero attached hydrogens (tertiary/aromatic N) is 3. The van der Waals surface area contributed by atoms with E-state index in [1.165, 1.54) is 0 Å². The highest BCUT2D eigenvalue weighted by molar-refractivity contribution is 6.15. The molecule has 3 aromatic rings. The predicted molar refractivity (Wildman–Crippen MR) is 117 cm³/mol. The van der Waals surface area contributed by atoms with E-state index < -0.39 is 11.8 Å². The van der Waals surface area contributed by atoms with Crippen molar-refractivity contribution in [1.29, 1.82) is 5.26 Å². The van der Waals surface area contributed by atoms with Gasteiger partial charge in [-0.1, -0.05) is 18.2 Å². The third kappa shape index (κ3) is 4.05. The Labute approximate surface area is 181 Å². The molecule has 1 aromatic carbocycles. The van der Waals surface area contributed by atoms with Crippen LogP contribution >= 0.6 is 0 Å². The van der Waals surface area contributed by atoms with Gasteiger partial charge in [-0.3, -0.25) is 4.79 Å². The minimum atomic E-state index is -0.494. The Balaban J connectivity index is 2.04. The lowest BCUT2D eigenvalue weighted by Crippen LogP contribution is -2.08. The van der Waals surface area contributed by atoms with Gasteiger partial charge in [-0.25, -0.2) is 9.48 Å². The number of H-pyrrole nitrogens is 1. The van der Waals surface area contributed by atoms with E-state index in [2.05, 4.69) is 10.1 Å². The first-order chi connectivity index (χ1) is 14.8. The van der Waals surface area contributed by atoms with Gasteiger partial charge >= 0.3 is 5.97 Å². The Bertz CT molecular complexity index is 1220. The number of aromatic nitrogens is 3. The van der Waals surface area contributed by atoms with Gasteiger partial charge in [-0.2, -0.15) is 10.4 Å². The number of hydrogen-bond acceptors (Lipinski definition) is 5. The van der Waals surface area contributed by atoms with Crippen molar-refractivity contribution >= 4 is 17.8 Å². The number of allylic oxidation sites excluding steroid dienone is 1. The van der Waals surface area contributed by atoms with Gasteiger partial charge in [-0.05, 0) is 58.4 Å². The van der Waals surface area contributed by atoms with Crippen LogP contribution in [0.5, 0.6) is 0 Å². The van der Waals surface area contributed by atoms with Crippen LogP contribution in [0.4, 0.5) is 0 Å². The van der Waals surface area contributed by atoms with Crippen LogP contribution in [-0.4, -0.2) is 33.1 Å². The Morgan fingerprint density at radius 3 is 2.48 bits per heavy atom. The van der Waals surface area contributed by atoms with Crippen molar-refractivity contribution in [2.75, 3.05) is 6.61 Å². The number of aromatic amines is 1. The number of ketones is 1. The van der Waals surface area contributed by atoms with Crippen molar-refractivity contribution in [1.82, 2.24) is 14.8 Å². The summed E-state index contributed by atoms with van der Waals surface area (Å²) in [6.45, 7) is 9.05. The normalized spacial score (nSPS) is 11.3. The molecule has 0 radical (unpaired) electrons. The van der Waals surface area contributed by atoms with Gasteiger partial charge in [0.1, 0.15) is 11.6 Å². The second kappa shape index (κ2) is 8.84. The van der Waals surface area contributed by atoms with Gasteiger partial charge in [0.15, 0.2) is 0 Å². The minimum Gasteiger partial charge on any atom is -0.462 e. The fraction of sp³-hybridized carbons (Fsp3) is 0.250. The van der Waals surface area contributed by atoms with E-state index in [1.807, 2.05) is 50.2 Å². The molecule has 0 aliphatic rings. The van der Waals surface area contributed by atoms with Crippen LogP contribution in [0, 0.1) is 39.0 Å². The van der Waals surface area contributed by atoms with Gasteiger partial charge in [0.25, 0.3) is 0 Å². The lowest BCUT2D eigenvalue weighted by molar-refractivity contribution is 0.0525. The molecule has 0 spiro atoms. The zero-order valence-corrected chi connectivity index (χ0v) is 18.2. The number of ether oxygens (including phenoxy) is 1. The Hall–Kier alpha value is -3.92. The summed E-state index contributed by atoms with van der Waals surface area (Å²) in [6.07, 6.45) is 1.55. The van der Waals surface area contributed by atoms with Gasteiger partial charge < -0.3 is 9.72 Å². The van der Waals surface area contributed by atoms with E-state index in [0.717, 1.165) is 11.4 Å². The molecular weight excluding hydrogens is 392 g/mol. The number of benzene rings is 1. The minimum absolute atomic E-state index is 0.0430. The highest BCUT2D eigenvalue weighted by Gasteiger charge is 2.25. The summed E-state index contributed by atoms with van der Waals surface area (Å²) >= 11 is 0. The molecule has 7 nitrogen and oxygen atoms in total. The van der Waals surface area contributed by atoms with Gasteiger partial charge in [0, 0.05) is 17.0 Å². The number of esters is 1. The van der Waals surface area contributed by atoms with Gasteiger partial charge in [0.05, 0.1) is 29.2 Å². The van der Waals surface area contributed by atoms with E-state index in [4.69, 9.17) is 4.74 Å². The summed E-state index contributed by atoms with van der Waals surface area (Å²) in [5.41, 5.74) is 4.60. The summed E-state index contributed by atoms with van der Waals surface area (Å²) in [4.78, 5) is 28.3. The van der Waals surface area contributed by atoms with E-state index >= 15 is 0 Å². The van der Waals surface area contributed by atoms with Crippen molar-refractivity contribution in [3.63, 3.8) is 0 Å². The maximum atomic E-state index is 13.1. The molecule has 0 bridgehead atoms. The molecule has 7 heteroatoms. The van der Waals surface area contributed by atoms with Crippen LogP contribution in [0.3, 0.4) is 0 Å². The first-order valence-corrected chi connectivity index (χ1v) is 9.94. The molecule has 2 aromatic heterocycles. The number of rotatable bonds is 6. The zero-order chi connectivity index (χ0) is 22.7. The number of Topliss-reactive ketones (excluding diaryl/α,β-unsaturated/α-hetero) is 1. The molecule has 0 unspecified atom stereocenters. The number of aryl methyl sites for hydroxylation is 2. The third-order valence-corrected chi connectivity index (χ3v) is 5.15. The molecule has 0 aliphatic heterocycles. The fourth-order valence-corrected chi connectivity index (χ4v) is 3.60. The molecule has 0 amide bonds. The Kier molecular flexibility index (Phi) is 6.21. The lowest BCUT2D eigenvalue weighted by Gasteiger charge is -2.04. The highest BCUT2D eigenvalue weighted by atomic mass is 16.5. The molecule has 0 aliphatic carbocycles. The average molecular weight is 416 g/mol. The number of para-hydroxylation sites is 1. The molecule has 0 fully saturated rings. The van der Waals surface area contributed by atoms with E-state index in [-0.39, 0.29) is 17.9 Å². The molecule has 0 saturated heterocycles. The van der Waals surface area contributed by atoms with Crippen molar-refractivity contribution < 1.29 is 14.3 Å². The maximum Gasteiger partial charge on any atom is 0.340 e. The van der Waals surface area contributed by atoms with Crippen molar-refractivity contribution in [2.45, 2.75) is 34.6 Å². The Morgan fingerprint density at radius 2 is 1.87 bits per heavy atom. The van der Waals surface area contributed by atoms with Crippen molar-refractivity contribution in [3.05, 3.63) is 75.4 Å². The monoisotopic (exact) mass is 416 g/mol. The zero-order valence-electron chi connectivity index (χ0n) is 18.2. The number of nitriles is 1. The maximum absolute atomic E-state index is 13.1. The number of carbonyl (C=O) groups is 2. The van der Waals surface area contributed by atoms with Crippen LogP contribution in [0.2, 0.25) is 0 Å². The summed E-state index contributed by atoms with van der Waals surface area (Å²) in [5.74, 6) is -0.976. The highest BCUT2D eigenvalue weighted by Crippen LogP contribution is 2.24. The van der Waals surface area contributed by atoms with Crippen molar-refractivity contribution in [2.24, 2.45) is 0 Å². The lowest BCUT2D eigenvalue weighted by atomic mass is 10.0. The van der Waals surface area contributed by atoms with E-state index in [9.17, 15) is 14.9 Å². The predicted octanol–water partition coefficient (Wildman–Crippen LogP) is 4.40. The first kappa shape index (κ1) is 21.8. The summed E-state index contributed by atoms with van der Waals surface area (Å²) in [6, 6.07) is 11.6. The van der Waals surface area contributed by atoms with Crippen LogP contribution < -0.4 is 0 Å². The fourth-order valence-electron chi connectivity index (χ4n) is 3.60. The standard InChI is InChI=1S/C24H24N4O3/c1-6-31-24(30)21-14(2)22(26-16(21)4)23(29)18(13-25)12-20-15(3)27-28(17(20)5)19-10-8-7-9-11-19/h7-12,26H,6H2,1-5H3/b18-12+. The smallest absolute Gasteiger partial charge is 0.340 e. The van der Waals surface area contributed by atoms with E-state index in [0.29, 0.717) is 28.1 Å². The second-order valence-corrected chi connectivity index (χ2v) is 7.18. The summed E-state index contributed by atoms with van der Waals surface area (Å²) in [5, 5.41) is 14.3. The summed E-state index contributed by atoms with van der Waals surface area (Å²) in [7, 11) is 0. The molecule has 31 heavy (non-hydrogen) atoms. The molecule has 2 heterocycles. The van der Waals surface area contributed by atoms with Crippen LogP contribution in [0.15, 0.2) is 35.9 Å². The largest absolute Gasteiger partial charge is 0.462 e. The SMILES string of the molecule is CCOC(=O)c1c(C)[nH]c(C(=O)/C(C#N)=C/c2c(C)nn(-c3ccccc3)c2C)c1C. The van der Waals surface area contributed by atoms with Crippen LogP contribution in [-0.2, 0) is 4.74 Å². The van der Waals surface area contributed by atoms with E-state index in [1.54, 1.807) is 31.5 Å². The Morgan fingerprint density at radius 1 is 1.19 bits per heavy atom. The third-order valence-electron chi connectivity index (χ3n) is 5.15. The molecule has 3 rings (SSSR count). The van der Waals surface area contributed by atoms with Crippen LogP contribution in [0.1, 0.15) is 56.0 Å². The van der Waals surface area contributed by atoms with Gasteiger partial charge in [-0.15, -0.1) is 0 Å². The first-order valence-electron chi connectivity index (χ1n) is 9.94. The average Bonchev–Trinajstić information content (AvgIpc) is 3.21. The topological polar surface area (TPSA) is 101 Å². The molecule has 158 valence electrons. The molecular formula is C24H24N4O3. The van der Waals surface area contributed by atoms with Crippen LogP contribution in [0.25, 0.3) is 11.8 Å². The number of nitrogens with one attached hydrogen (secondary N) is 1. The molecule has 0 saturated carbocycles. The second-order valence-electron chi connectivity index (χ2n) is 7.18. The summed E-state index contributed by atoms with van der Waals surface area (Å²) < 4.78 is 6.86. The molecule has 0 atom stereocenters. The van der Waals surface area contributed by atoms with Crippen molar-refractivity contribution in [3.8, 4) is 11.8 Å². The molecule has 1 N–H and O–H groups in total.